The molecule has 0 bridgehead atoms. The van der Waals surface area contributed by atoms with Crippen molar-refractivity contribution in [1.82, 2.24) is 4.90 Å². The molecule has 0 amide bonds. The molecule has 2 saturated carbocycles. The van der Waals surface area contributed by atoms with Gasteiger partial charge in [-0.2, -0.15) is 0 Å². The number of rotatable bonds is 5. The number of carbonyl (C=O) groups is 1. The van der Waals surface area contributed by atoms with Gasteiger partial charge in [0.25, 0.3) is 0 Å². The Bertz CT molecular complexity index is 757. The number of aromatic hydroxyl groups is 1. The molecular formula is C23H29NO3. The van der Waals surface area contributed by atoms with E-state index in [4.69, 9.17) is 4.74 Å². The molecule has 3 atom stereocenters. The van der Waals surface area contributed by atoms with Crippen molar-refractivity contribution in [2.24, 2.45) is 11.8 Å². The van der Waals surface area contributed by atoms with Crippen LogP contribution in [0.2, 0.25) is 0 Å². The predicted molar refractivity (Wildman–Crippen MR) is 104 cm³/mol. The molecule has 3 fully saturated rings. The van der Waals surface area contributed by atoms with Gasteiger partial charge in [0.05, 0.1) is 13.0 Å². The molecule has 2 aliphatic carbocycles. The summed E-state index contributed by atoms with van der Waals surface area (Å²) in [6.07, 6.45) is 6.15. The van der Waals surface area contributed by atoms with Gasteiger partial charge in [0, 0.05) is 18.2 Å². The molecular weight excluding hydrogens is 338 g/mol. The minimum Gasteiger partial charge on any atom is -0.507 e. The molecule has 27 heavy (non-hydrogen) atoms. The number of piperidine rings is 1. The van der Waals surface area contributed by atoms with Crippen molar-refractivity contribution in [3.63, 3.8) is 0 Å². The number of phenolic OH excluding ortho intramolecular Hbond substituents is 1. The fourth-order valence-corrected chi connectivity index (χ4v) is 4.87. The van der Waals surface area contributed by atoms with Gasteiger partial charge in [-0.15, -0.1) is 0 Å². The number of hydrogen-bond acceptors (Lipinski definition) is 4. The van der Waals surface area contributed by atoms with Crippen LogP contribution >= 0.6 is 0 Å². The van der Waals surface area contributed by atoms with Crippen LogP contribution in [0.1, 0.15) is 56.1 Å². The largest absolute Gasteiger partial charge is 0.507 e. The first-order valence-corrected chi connectivity index (χ1v) is 10.3. The van der Waals surface area contributed by atoms with Gasteiger partial charge < -0.3 is 9.84 Å². The number of ether oxygens (including phenoxy) is 1. The molecule has 0 aromatic heterocycles. The highest BCUT2D eigenvalue weighted by molar-refractivity contribution is 5.74. The van der Waals surface area contributed by atoms with Gasteiger partial charge in [-0.3, -0.25) is 9.69 Å². The van der Waals surface area contributed by atoms with E-state index in [2.05, 4.69) is 23.7 Å². The number of carbonyl (C=O) groups excluding carboxylic acids is 1. The van der Waals surface area contributed by atoms with Crippen molar-refractivity contribution in [3.05, 3.63) is 29.3 Å². The van der Waals surface area contributed by atoms with Crippen LogP contribution in [0.15, 0.2) is 18.2 Å². The average Bonchev–Trinajstić information content (AvgIpc) is 3.07. The number of esters is 1. The van der Waals surface area contributed by atoms with E-state index in [9.17, 15) is 9.90 Å². The van der Waals surface area contributed by atoms with Gasteiger partial charge >= 0.3 is 5.97 Å². The van der Waals surface area contributed by atoms with Crippen LogP contribution in [0, 0.1) is 23.7 Å². The highest BCUT2D eigenvalue weighted by Crippen LogP contribution is 2.49. The van der Waals surface area contributed by atoms with Crippen LogP contribution in [0.5, 0.6) is 5.75 Å². The normalized spacial score (nSPS) is 27.1. The molecule has 144 valence electrons. The number of benzene rings is 1. The number of hydrogen-bond donors (Lipinski definition) is 1. The van der Waals surface area contributed by atoms with E-state index >= 15 is 0 Å². The first-order valence-electron chi connectivity index (χ1n) is 10.3. The number of phenols is 1. The van der Waals surface area contributed by atoms with E-state index in [0.29, 0.717) is 17.5 Å². The molecule has 0 spiro atoms. The van der Waals surface area contributed by atoms with Crippen molar-refractivity contribution >= 4 is 5.97 Å². The minimum absolute atomic E-state index is 0.0978. The molecule has 1 aromatic carbocycles. The average molecular weight is 367 g/mol. The second kappa shape index (κ2) is 7.94. The van der Waals surface area contributed by atoms with E-state index in [-0.39, 0.29) is 24.7 Å². The van der Waals surface area contributed by atoms with Gasteiger partial charge in [0.2, 0.25) is 0 Å². The Morgan fingerprint density at radius 2 is 2.11 bits per heavy atom. The number of para-hydroxylation sites is 1. The number of nitrogens with zero attached hydrogens (tertiary/aromatic N) is 1. The van der Waals surface area contributed by atoms with Crippen molar-refractivity contribution in [3.8, 4) is 17.6 Å². The summed E-state index contributed by atoms with van der Waals surface area (Å²) in [4.78, 5) is 14.5. The lowest BCUT2D eigenvalue weighted by Gasteiger charge is -2.20. The fraction of sp³-hybridized carbons (Fsp3) is 0.609. The van der Waals surface area contributed by atoms with E-state index in [1.165, 1.54) is 19.3 Å². The zero-order chi connectivity index (χ0) is 18.8. The molecule has 1 aromatic rings. The summed E-state index contributed by atoms with van der Waals surface area (Å²) in [6, 6.07) is 6.36. The van der Waals surface area contributed by atoms with E-state index < -0.39 is 0 Å². The van der Waals surface area contributed by atoms with E-state index in [1.807, 2.05) is 12.1 Å². The molecule has 1 aliphatic heterocycles. The molecule has 4 rings (SSSR count). The maximum atomic E-state index is 12.1. The zero-order valence-electron chi connectivity index (χ0n) is 16.1. The molecule has 1 unspecified atom stereocenters. The number of likely N-dealkylation sites (tertiary alicyclic amines) is 1. The van der Waals surface area contributed by atoms with Crippen molar-refractivity contribution in [1.29, 1.82) is 0 Å². The molecule has 3 aliphatic rings. The summed E-state index contributed by atoms with van der Waals surface area (Å²) in [5.74, 6) is 8.22. The molecule has 1 heterocycles. The lowest BCUT2D eigenvalue weighted by Crippen LogP contribution is -2.30. The first kappa shape index (κ1) is 18.4. The third-order valence-corrected chi connectivity index (χ3v) is 6.63. The van der Waals surface area contributed by atoms with Gasteiger partial charge in [-0.1, -0.05) is 42.9 Å². The fourth-order valence-electron chi connectivity index (χ4n) is 4.87. The maximum Gasteiger partial charge on any atom is 0.311 e. The maximum absolute atomic E-state index is 12.1. The van der Waals surface area contributed by atoms with Crippen LogP contribution in [0.4, 0.5) is 0 Å². The van der Waals surface area contributed by atoms with E-state index in [1.54, 1.807) is 6.07 Å². The summed E-state index contributed by atoms with van der Waals surface area (Å²) >= 11 is 0. The quantitative estimate of drug-likeness (QED) is 0.639. The Morgan fingerprint density at radius 1 is 1.30 bits per heavy atom. The van der Waals surface area contributed by atoms with Crippen LogP contribution in [0.3, 0.4) is 0 Å². The lowest BCUT2D eigenvalue weighted by atomic mass is 9.94. The summed E-state index contributed by atoms with van der Waals surface area (Å²) in [6.45, 7) is 4.33. The zero-order valence-corrected chi connectivity index (χ0v) is 16.1. The summed E-state index contributed by atoms with van der Waals surface area (Å²) in [7, 11) is 0. The molecule has 4 nitrogen and oxygen atoms in total. The van der Waals surface area contributed by atoms with Crippen LogP contribution in [-0.4, -0.2) is 41.7 Å². The van der Waals surface area contributed by atoms with Crippen LogP contribution < -0.4 is 0 Å². The second-order valence-corrected chi connectivity index (χ2v) is 8.36. The molecule has 4 heteroatoms. The molecule has 0 radical (unpaired) electrons. The first-order chi connectivity index (χ1) is 13.1. The summed E-state index contributed by atoms with van der Waals surface area (Å²) in [5, 5.41) is 10.5. The van der Waals surface area contributed by atoms with Crippen LogP contribution in [0.25, 0.3) is 0 Å². The Morgan fingerprint density at radius 3 is 2.85 bits per heavy atom. The Balaban J connectivity index is 1.24. The molecule has 1 N–H and O–H groups in total. The molecule has 1 saturated heterocycles. The predicted octanol–water partition coefficient (Wildman–Crippen LogP) is 3.48. The Labute approximate surface area is 161 Å². The van der Waals surface area contributed by atoms with Gasteiger partial charge in [0.15, 0.2) is 6.61 Å². The van der Waals surface area contributed by atoms with Gasteiger partial charge in [-0.05, 0) is 49.5 Å². The monoisotopic (exact) mass is 367 g/mol. The SMILES string of the molecule is CC1[C@H]2C[C@H]2CN1CC#CCOC(=O)Cc1cccc(C2CCCC2)c1O. The minimum atomic E-state index is -0.334. The smallest absolute Gasteiger partial charge is 0.311 e. The standard InChI is InChI=1S/C23H29NO3/c1-16-21-13-19(21)15-24(16)11-4-5-12-27-22(25)14-18-9-6-10-20(23(18)26)17-7-2-3-8-17/h6,9-10,16-17,19,21,26H,2-3,7-8,11-15H2,1H3/t16?,19-,21+/m0/s1. The van der Waals surface area contributed by atoms with Gasteiger partial charge in [-0.25, -0.2) is 0 Å². The van der Waals surface area contributed by atoms with Crippen molar-refractivity contribution in [2.75, 3.05) is 19.7 Å². The topological polar surface area (TPSA) is 49.8 Å². The third-order valence-electron chi connectivity index (χ3n) is 6.63. The van der Waals surface area contributed by atoms with Crippen LogP contribution in [-0.2, 0) is 16.0 Å². The Hall–Kier alpha value is -1.99. The number of fused-ring (bicyclic) bond motifs is 1. The summed E-state index contributed by atoms with van der Waals surface area (Å²) < 4.78 is 5.25. The highest BCUT2D eigenvalue weighted by atomic mass is 16.5. The second-order valence-electron chi connectivity index (χ2n) is 8.36. The summed E-state index contributed by atoms with van der Waals surface area (Å²) in [5.41, 5.74) is 1.64. The highest BCUT2D eigenvalue weighted by Gasteiger charge is 2.49. The van der Waals surface area contributed by atoms with Gasteiger partial charge in [0.1, 0.15) is 5.75 Å². The third kappa shape index (κ3) is 4.14. The lowest BCUT2D eigenvalue weighted by molar-refractivity contribution is -0.141. The van der Waals surface area contributed by atoms with Crippen molar-refractivity contribution in [2.45, 2.75) is 57.4 Å². The van der Waals surface area contributed by atoms with Crippen molar-refractivity contribution < 1.29 is 14.6 Å². The van der Waals surface area contributed by atoms with E-state index in [0.717, 1.165) is 43.3 Å². The Kier molecular flexibility index (Phi) is 5.41.